The molecular weight excluding hydrogens is 800 g/mol. The molecule has 5 atom stereocenters. The second-order valence-electron chi connectivity index (χ2n) is 18.1. The molecule has 3 fully saturated rings. The van der Waals surface area contributed by atoms with Gasteiger partial charge in [-0.15, -0.1) is 6.58 Å². The molecule has 14 heteroatoms. The van der Waals surface area contributed by atoms with Gasteiger partial charge < -0.3 is 18.8 Å². The molecule has 1 N–H and O–H groups in total. The van der Waals surface area contributed by atoms with Gasteiger partial charge in [0.2, 0.25) is 27.4 Å². The van der Waals surface area contributed by atoms with Crippen molar-refractivity contribution in [2.75, 3.05) is 6.54 Å². The van der Waals surface area contributed by atoms with Gasteiger partial charge >= 0.3 is 0 Å². The van der Waals surface area contributed by atoms with Gasteiger partial charge in [-0.25, -0.2) is 17.8 Å². The zero-order valence-electron chi connectivity index (χ0n) is 35.0. The Labute approximate surface area is 355 Å². The average molecular weight is 851 g/mol. The minimum atomic E-state index is -3.88. The number of aromatic nitrogens is 2. The number of amides is 2. The van der Waals surface area contributed by atoms with Crippen molar-refractivity contribution >= 4 is 49.7 Å². The van der Waals surface area contributed by atoms with Crippen LogP contribution < -0.4 is 14.2 Å². The number of rotatable bonds is 15. The van der Waals surface area contributed by atoms with E-state index in [1.54, 1.807) is 18.2 Å². The Balaban J connectivity index is 1.14. The maximum Gasteiger partial charge on any atom is 0.262 e. The molecule has 61 heavy (non-hydrogen) atoms. The number of para-hydroxylation sites is 1. The number of nitrogens with one attached hydrogen (secondary N) is 1. The molecule has 1 aliphatic heterocycles. The Hall–Kier alpha value is -5.63. The van der Waals surface area contributed by atoms with Gasteiger partial charge in [0.25, 0.3) is 5.88 Å². The second-order valence-corrected chi connectivity index (χ2v) is 20.0. The SMILES string of the molecule is C=C[C@@H]1C[C@]1(CC(=O)[C@@H]1C[C@@H](Oc2nc(-c3ccc(OC(C)C)cc3)nc3c2oc2ccccc23)CN1C(=O)[C@@H](Cc1ccc(F)cc1)C(C)(C)C)C(=O)NS(=O)(=O)C1CC1. The van der Waals surface area contributed by atoms with Crippen molar-refractivity contribution in [2.24, 2.45) is 22.7 Å². The van der Waals surface area contributed by atoms with Gasteiger partial charge in [0, 0.05) is 29.7 Å². The van der Waals surface area contributed by atoms with Crippen molar-refractivity contribution in [3.63, 3.8) is 0 Å². The Morgan fingerprint density at radius 1 is 1.03 bits per heavy atom. The summed E-state index contributed by atoms with van der Waals surface area (Å²) in [7, 11) is -3.88. The first-order valence-corrected chi connectivity index (χ1v) is 22.4. The number of fused-ring (bicyclic) bond motifs is 3. The summed E-state index contributed by atoms with van der Waals surface area (Å²) >= 11 is 0. The standard InChI is InChI=1S/C47H51FN4O8S/c1-7-30-24-47(30,45(55)51-61(56,57)34-20-21-34)25-38(53)37-23-33(26-52(37)44(54)36(46(4,5)6)22-28-12-16-31(48)17-13-28)59-43-41-40(35-10-8-9-11-39(35)60-41)49-42(50-43)29-14-18-32(19-15-29)58-27(2)3/h7-19,27,30,33-34,36-37H,1,20-26H2,2-6H3,(H,51,55)/t30-,33-,36-,37+,47-/m1/s1. The average Bonchev–Trinajstić information content (AvgIpc) is 4.12. The summed E-state index contributed by atoms with van der Waals surface area (Å²) in [6.45, 7) is 13.6. The van der Waals surface area contributed by atoms with Crippen LogP contribution >= 0.6 is 0 Å². The zero-order valence-corrected chi connectivity index (χ0v) is 35.8. The molecule has 2 aliphatic carbocycles. The number of furan rings is 1. The Bertz CT molecular complexity index is 2620. The van der Waals surface area contributed by atoms with Gasteiger partial charge in [0.05, 0.1) is 29.4 Å². The number of Topliss-reactive ketones (excluding diaryl/α,β-unsaturated/α-hetero) is 1. The second kappa shape index (κ2) is 16.0. The monoisotopic (exact) mass is 850 g/mol. The third-order valence-electron chi connectivity index (χ3n) is 12.1. The molecule has 2 saturated carbocycles. The van der Waals surface area contributed by atoms with Gasteiger partial charge in [-0.2, -0.15) is 4.98 Å². The van der Waals surface area contributed by atoms with E-state index in [-0.39, 0.29) is 50.1 Å². The summed E-state index contributed by atoms with van der Waals surface area (Å²) in [6.07, 6.45) is 2.07. The van der Waals surface area contributed by atoms with Gasteiger partial charge in [-0.1, -0.05) is 51.1 Å². The lowest BCUT2D eigenvalue weighted by molar-refractivity contribution is -0.144. The topological polar surface area (TPSA) is 158 Å². The largest absolute Gasteiger partial charge is 0.491 e. The number of allylic oxidation sites excluding steroid dienone is 1. The molecule has 0 bridgehead atoms. The first-order chi connectivity index (χ1) is 29.0. The number of carbonyl (C=O) groups excluding carboxylic acids is 3. The van der Waals surface area contributed by atoms with E-state index in [1.165, 1.54) is 17.0 Å². The number of ether oxygens (including phenoxy) is 2. The van der Waals surface area contributed by atoms with Crippen molar-refractivity contribution in [2.45, 2.75) is 96.6 Å². The van der Waals surface area contributed by atoms with Crippen LogP contribution in [0.25, 0.3) is 33.5 Å². The molecule has 3 aliphatic rings. The molecule has 3 aromatic carbocycles. The predicted octanol–water partition coefficient (Wildman–Crippen LogP) is 7.98. The van der Waals surface area contributed by atoms with Crippen LogP contribution in [-0.4, -0.2) is 70.9 Å². The fourth-order valence-corrected chi connectivity index (χ4v) is 9.83. The van der Waals surface area contributed by atoms with E-state index in [2.05, 4.69) is 11.3 Å². The lowest BCUT2D eigenvalue weighted by atomic mass is 9.76. The van der Waals surface area contributed by atoms with Crippen molar-refractivity contribution in [3.05, 3.63) is 96.8 Å². The van der Waals surface area contributed by atoms with E-state index < -0.39 is 67.6 Å². The molecule has 0 unspecified atom stereocenters. The smallest absolute Gasteiger partial charge is 0.262 e. The van der Waals surface area contributed by atoms with E-state index in [4.69, 9.17) is 23.9 Å². The minimum absolute atomic E-state index is 0.00762. The van der Waals surface area contributed by atoms with Crippen LogP contribution in [0, 0.1) is 28.5 Å². The van der Waals surface area contributed by atoms with Crippen molar-refractivity contribution in [3.8, 4) is 23.0 Å². The van der Waals surface area contributed by atoms with Crippen LogP contribution in [0.4, 0.5) is 4.39 Å². The molecule has 1 saturated heterocycles. The van der Waals surface area contributed by atoms with Crippen molar-refractivity contribution < 1.29 is 41.1 Å². The van der Waals surface area contributed by atoms with Crippen LogP contribution in [0.15, 0.2) is 89.9 Å². The van der Waals surface area contributed by atoms with Crippen LogP contribution in [-0.2, 0) is 30.8 Å². The fourth-order valence-electron chi connectivity index (χ4n) is 8.45. The predicted molar refractivity (Wildman–Crippen MR) is 229 cm³/mol. The van der Waals surface area contributed by atoms with Crippen LogP contribution in [0.1, 0.15) is 72.3 Å². The Morgan fingerprint density at radius 3 is 2.38 bits per heavy atom. The first kappa shape index (κ1) is 42.1. The lowest BCUT2D eigenvalue weighted by Crippen LogP contribution is -2.48. The molecular formula is C47H51FN4O8S. The Kier molecular flexibility index (Phi) is 11.0. The van der Waals surface area contributed by atoms with Crippen molar-refractivity contribution in [1.29, 1.82) is 0 Å². The number of hydrogen-bond acceptors (Lipinski definition) is 10. The molecule has 5 aromatic rings. The number of likely N-dealkylation sites (tertiary alicyclic amines) is 1. The molecule has 0 radical (unpaired) electrons. The number of sulfonamides is 1. The minimum Gasteiger partial charge on any atom is -0.491 e. The summed E-state index contributed by atoms with van der Waals surface area (Å²) in [5, 5.41) is 0.129. The van der Waals surface area contributed by atoms with Crippen LogP contribution in [0.3, 0.4) is 0 Å². The highest BCUT2D eigenvalue weighted by Crippen LogP contribution is 2.57. The molecule has 320 valence electrons. The van der Waals surface area contributed by atoms with Gasteiger partial charge in [-0.3, -0.25) is 19.1 Å². The summed E-state index contributed by atoms with van der Waals surface area (Å²) in [6, 6.07) is 19.9. The molecule has 3 heterocycles. The van der Waals surface area contributed by atoms with E-state index >= 15 is 0 Å². The van der Waals surface area contributed by atoms with Gasteiger partial charge in [0.15, 0.2) is 11.6 Å². The summed E-state index contributed by atoms with van der Waals surface area (Å²) in [5.74, 6) is -1.66. The molecule has 2 aromatic heterocycles. The van der Waals surface area contributed by atoms with Crippen LogP contribution in [0.2, 0.25) is 0 Å². The third-order valence-corrected chi connectivity index (χ3v) is 13.9. The molecule has 0 spiro atoms. The number of halogens is 1. The zero-order chi connectivity index (χ0) is 43.4. The highest BCUT2D eigenvalue weighted by molar-refractivity contribution is 7.90. The third kappa shape index (κ3) is 8.64. The van der Waals surface area contributed by atoms with E-state index in [1.807, 2.05) is 83.1 Å². The highest BCUT2D eigenvalue weighted by atomic mass is 32.2. The summed E-state index contributed by atoms with van der Waals surface area (Å²) in [5.41, 5.74) is 0.971. The van der Waals surface area contributed by atoms with E-state index in [0.717, 1.165) is 10.9 Å². The number of ketones is 1. The number of benzene rings is 3. The molecule has 2 amide bonds. The van der Waals surface area contributed by atoms with E-state index in [0.29, 0.717) is 46.7 Å². The maximum atomic E-state index is 15.0. The summed E-state index contributed by atoms with van der Waals surface area (Å²) in [4.78, 5) is 54.7. The quantitative estimate of drug-likeness (QED) is 0.102. The molecule has 8 rings (SSSR count). The fraction of sp³-hybridized carbons (Fsp3) is 0.426. The normalized spacial score (nSPS) is 22.0. The Morgan fingerprint density at radius 2 is 1.74 bits per heavy atom. The van der Waals surface area contributed by atoms with Gasteiger partial charge in [-0.05, 0) is 105 Å². The molecule has 12 nitrogen and oxygen atoms in total. The van der Waals surface area contributed by atoms with Gasteiger partial charge in [0.1, 0.15) is 28.8 Å². The van der Waals surface area contributed by atoms with E-state index in [9.17, 15) is 27.2 Å². The van der Waals surface area contributed by atoms with Crippen molar-refractivity contribution in [1.82, 2.24) is 19.6 Å². The lowest BCUT2D eigenvalue weighted by Gasteiger charge is -2.35. The maximum absolute atomic E-state index is 15.0. The number of hydrogen-bond donors (Lipinski definition) is 1. The first-order valence-electron chi connectivity index (χ1n) is 20.8. The summed E-state index contributed by atoms with van der Waals surface area (Å²) < 4.78 is 60.8. The highest BCUT2D eigenvalue weighted by Gasteiger charge is 2.61. The number of carbonyl (C=O) groups is 3. The number of nitrogens with zero attached hydrogens (tertiary/aromatic N) is 3. The van der Waals surface area contributed by atoms with Crippen LogP contribution in [0.5, 0.6) is 11.6 Å².